The van der Waals surface area contributed by atoms with Gasteiger partial charge >= 0.3 is 12.1 Å². The lowest BCUT2D eigenvalue weighted by atomic mass is 10.2. The van der Waals surface area contributed by atoms with E-state index in [1.54, 1.807) is 27.7 Å². The topological polar surface area (TPSA) is 113 Å². The molecule has 152 valence electrons. The Morgan fingerprint density at radius 2 is 1.93 bits per heavy atom. The van der Waals surface area contributed by atoms with Gasteiger partial charge in [-0.3, -0.25) is 0 Å². The van der Waals surface area contributed by atoms with Crippen LogP contribution >= 0.6 is 0 Å². The molecular formula is C21H24N4O4. The van der Waals surface area contributed by atoms with Crippen LogP contribution in [0.2, 0.25) is 0 Å². The van der Waals surface area contributed by atoms with Gasteiger partial charge in [-0.1, -0.05) is 18.1 Å². The maximum Gasteiger partial charge on any atom is 0.408 e. The normalized spacial score (nSPS) is 10.5. The lowest BCUT2D eigenvalue weighted by Crippen LogP contribution is -2.32. The maximum atomic E-state index is 11.6. The van der Waals surface area contributed by atoms with E-state index >= 15 is 0 Å². The summed E-state index contributed by atoms with van der Waals surface area (Å²) in [4.78, 5) is 31.6. The number of carbonyl (C=O) groups is 2. The van der Waals surface area contributed by atoms with Gasteiger partial charge < -0.3 is 20.5 Å². The SMILES string of the molecule is Cc1cccc(Nc2nc(C#CCNC(=O)OC(C)(C)C)nc(C)c2C(=O)O)c1. The van der Waals surface area contributed by atoms with Gasteiger partial charge in [0.15, 0.2) is 0 Å². The third kappa shape index (κ3) is 6.81. The summed E-state index contributed by atoms with van der Waals surface area (Å²) < 4.78 is 5.12. The van der Waals surface area contributed by atoms with Crippen molar-refractivity contribution in [3.05, 3.63) is 46.9 Å². The molecule has 8 heteroatoms. The Morgan fingerprint density at radius 3 is 2.55 bits per heavy atom. The summed E-state index contributed by atoms with van der Waals surface area (Å²) in [5.41, 5.74) is 1.39. The minimum Gasteiger partial charge on any atom is -0.477 e. The fraction of sp³-hybridized carbons (Fsp3) is 0.333. The minimum atomic E-state index is -1.14. The second-order valence-electron chi connectivity index (χ2n) is 7.31. The number of carboxylic acid groups (broad SMARTS) is 1. The third-order valence-electron chi connectivity index (χ3n) is 3.50. The number of alkyl carbamates (subject to hydrolysis) is 1. The van der Waals surface area contributed by atoms with E-state index in [9.17, 15) is 14.7 Å². The van der Waals surface area contributed by atoms with Crippen LogP contribution < -0.4 is 10.6 Å². The molecule has 2 aromatic rings. The van der Waals surface area contributed by atoms with E-state index in [1.165, 1.54) is 0 Å². The van der Waals surface area contributed by atoms with Crippen LogP contribution in [0.3, 0.4) is 0 Å². The zero-order valence-corrected chi connectivity index (χ0v) is 17.1. The van der Waals surface area contributed by atoms with Crippen molar-refractivity contribution in [1.29, 1.82) is 0 Å². The summed E-state index contributed by atoms with van der Waals surface area (Å²) >= 11 is 0. The van der Waals surface area contributed by atoms with E-state index < -0.39 is 17.7 Å². The second-order valence-corrected chi connectivity index (χ2v) is 7.31. The smallest absolute Gasteiger partial charge is 0.408 e. The number of aryl methyl sites for hydroxylation is 2. The van der Waals surface area contributed by atoms with Crippen molar-refractivity contribution in [1.82, 2.24) is 15.3 Å². The predicted octanol–water partition coefficient (Wildman–Crippen LogP) is 3.41. The highest BCUT2D eigenvalue weighted by Gasteiger charge is 2.18. The number of hydrogen-bond donors (Lipinski definition) is 3. The Labute approximate surface area is 169 Å². The highest BCUT2D eigenvalue weighted by atomic mass is 16.6. The van der Waals surface area contributed by atoms with Crippen LogP contribution in [0.15, 0.2) is 24.3 Å². The third-order valence-corrected chi connectivity index (χ3v) is 3.50. The molecule has 1 amide bonds. The van der Waals surface area contributed by atoms with Crippen molar-refractivity contribution < 1.29 is 19.4 Å². The van der Waals surface area contributed by atoms with Crippen molar-refractivity contribution in [3.63, 3.8) is 0 Å². The highest BCUT2D eigenvalue weighted by Crippen LogP contribution is 2.22. The van der Waals surface area contributed by atoms with Crippen LogP contribution in [-0.2, 0) is 4.74 Å². The molecule has 0 unspecified atom stereocenters. The Balaban J connectivity index is 2.21. The fourth-order valence-corrected chi connectivity index (χ4v) is 2.39. The lowest BCUT2D eigenvalue weighted by Gasteiger charge is -2.19. The van der Waals surface area contributed by atoms with E-state index in [1.807, 2.05) is 31.2 Å². The summed E-state index contributed by atoms with van der Waals surface area (Å²) in [6.45, 7) is 8.85. The van der Waals surface area contributed by atoms with Crippen molar-refractivity contribution >= 4 is 23.6 Å². The number of aromatic nitrogens is 2. The van der Waals surface area contributed by atoms with Crippen LogP contribution in [0, 0.1) is 25.7 Å². The summed E-state index contributed by atoms with van der Waals surface area (Å²) in [5.74, 6) is 4.63. The van der Waals surface area contributed by atoms with E-state index in [2.05, 4.69) is 32.4 Å². The second kappa shape index (κ2) is 9.06. The highest BCUT2D eigenvalue weighted by molar-refractivity contribution is 5.95. The average Bonchev–Trinajstić information content (AvgIpc) is 2.56. The van der Waals surface area contributed by atoms with Gasteiger partial charge in [0.2, 0.25) is 5.82 Å². The number of carboxylic acids is 1. The first-order chi connectivity index (χ1) is 13.5. The summed E-state index contributed by atoms with van der Waals surface area (Å²) in [7, 11) is 0. The molecule has 0 radical (unpaired) electrons. The number of hydrogen-bond acceptors (Lipinski definition) is 6. The summed E-state index contributed by atoms with van der Waals surface area (Å²) in [6.07, 6.45) is -0.577. The largest absolute Gasteiger partial charge is 0.477 e. The fourth-order valence-electron chi connectivity index (χ4n) is 2.39. The van der Waals surface area contributed by atoms with E-state index in [-0.39, 0.29) is 29.4 Å². The molecule has 8 nitrogen and oxygen atoms in total. The number of benzene rings is 1. The summed E-state index contributed by atoms with van der Waals surface area (Å²) in [5, 5.41) is 15.1. The van der Waals surface area contributed by atoms with Gasteiger partial charge in [0.1, 0.15) is 17.0 Å². The molecule has 0 saturated carbocycles. The van der Waals surface area contributed by atoms with Crippen LogP contribution in [-0.4, -0.2) is 39.3 Å². The molecule has 0 saturated heterocycles. The van der Waals surface area contributed by atoms with Gasteiger partial charge in [0.25, 0.3) is 0 Å². The number of aromatic carboxylic acids is 1. The molecule has 3 N–H and O–H groups in total. The van der Waals surface area contributed by atoms with Gasteiger partial charge in [0, 0.05) is 5.69 Å². The Hall–Kier alpha value is -3.60. The quantitative estimate of drug-likeness (QED) is 0.679. The molecule has 1 aromatic heterocycles. The minimum absolute atomic E-state index is 0.0241. The van der Waals surface area contributed by atoms with Gasteiger partial charge in [0.05, 0.1) is 12.2 Å². The van der Waals surface area contributed by atoms with Crippen LogP contribution in [0.5, 0.6) is 0 Å². The molecule has 0 fully saturated rings. The number of nitrogens with one attached hydrogen (secondary N) is 2. The molecule has 0 bridgehead atoms. The number of anilines is 2. The standard InChI is InChI=1S/C21H24N4O4/c1-13-8-6-9-15(12-13)24-18-17(19(26)27)14(2)23-16(25-18)10-7-11-22-20(28)29-21(3,4)5/h6,8-9,12H,11H2,1-5H3,(H,22,28)(H,26,27)(H,23,24,25). The average molecular weight is 396 g/mol. The van der Waals surface area contributed by atoms with E-state index in [0.29, 0.717) is 5.69 Å². The molecule has 0 aliphatic heterocycles. The number of ether oxygens (including phenoxy) is 1. The van der Waals surface area contributed by atoms with Crippen molar-refractivity contribution in [3.8, 4) is 11.8 Å². The van der Waals surface area contributed by atoms with Crippen molar-refractivity contribution in [2.45, 2.75) is 40.2 Å². The van der Waals surface area contributed by atoms with E-state index in [0.717, 1.165) is 5.56 Å². The van der Waals surface area contributed by atoms with Gasteiger partial charge in [-0.2, -0.15) is 0 Å². The lowest BCUT2D eigenvalue weighted by molar-refractivity contribution is 0.0534. The number of nitrogens with zero attached hydrogens (tertiary/aromatic N) is 2. The first-order valence-electron chi connectivity index (χ1n) is 8.96. The number of rotatable bonds is 4. The molecule has 2 rings (SSSR count). The molecule has 1 aromatic carbocycles. The molecule has 0 spiro atoms. The van der Waals surface area contributed by atoms with Crippen LogP contribution in [0.1, 0.15) is 48.2 Å². The van der Waals surface area contributed by atoms with Crippen LogP contribution in [0.25, 0.3) is 0 Å². The molecule has 0 aliphatic rings. The Bertz CT molecular complexity index is 984. The zero-order valence-electron chi connectivity index (χ0n) is 17.1. The molecular weight excluding hydrogens is 372 g/mol. The van der Waals surface area contributed by atoms with Crippen LogP contribution in [0.4, 0.5) is 16.3 Å². The van der Waals surface area contributed by atoms with Crippen molar-refractivity contribution in [2.24, 2.45) is 0 Å². The van der Waals surface area contributed by atoms with Crippen molar-refractivity contribution in [2.75, 3.05) is 11.9 Å². The molecule has 29 heavy (non-hydrogen) atoms. The first kappa shape index (κ1) is 21.7. The molecule has 1 heterocycles. The maximum absolute atomic E-state index is 11.6. The first-order valence-corrected chi connectivity index (χ1v) is 8.96. The monoisotopic (exact) mass is 396 g/mol. The molecule has 0 aliphatic carbocycles. The Morgan fingerprint density at radius 1 is 1.21 bits per heavy atom. The molecule has 0 atom stereocenters. The summed E-state index contributed by atoms with van der Waals surface area (Å²) in [6, 6.07) is 7.48. The van der Waals surface area contributed by atoms with Gasteiger partial charge in [-0.15, -0.1) is 0 Å². The van der Waals surface area contributed by atoms with E-state index in [4.69, 9.17) is 4.74 Å². The van der Waals surface area contributed by atoms with Gasteiger partial charge in [-0.25, -0.2) is 19.6 Å². The predicted molar refractivity (Wildman–Crippen MR) is 109 cm³/mol. The number of carbonyl (C=O) groups excluding carboxylic acids is 1. The van der Waals surface area contributed by atoms with Gasteiger partial charge in [-0.05, 0) is 58.2 Å². The Kier molecular flexibility index (Phi) is 6.78. The zero-order chi connectivity index (χ0) is 21.6. The number of amides is 1.